The monoisotopic (exact) mass is 358 g/mol. The minimum Gasteiger partial charge on any atom is -0.396 e. The van der Waals surface area contributed by atoms with Crippen LogP contribution in [0, 0.1) is 11.8 Å². The maximum Gasteiger partial charge on any atom is 0.167 e. The number of rotatable bonds is 2. The molecular formula is C9H8Cl6O2. The summed E-state index contributed by atoms with van der Waals surface area (Å²) in [5, 5.41) is 18.9. The Hall–Kier alpha value is 1.40. The lowest BCUT2D eigenvalue weighted by Crippen LogP contribution is -2.45. The lowest BCUT2D eigenvalue weighted by Gasteiger charge is -2.34. The number of hydrogen-bond donors (Lipinski definition) is 2. The number of alkyl halides is 4. The van der Waals surface area contributed by atoms with Crippen LogP contribution in [-0.2, 0) is 0 Å². The van der Waals surface area contributed by atoms with E-state index in [0.717, 1.165) is 0 Å². The van der Waals surface area contributed by atoms with Crippen molar-refractivity contribution >= 4 is 69.6 Å². The summed E-state index contributed by atoms with van der Waals surface area (Å²) < 4.78 is -1.70. The molecule has 2 aliphatic rings. The third-order valence-electron chi connectivity index (χ3n) is 3.65. The van der Waals surface area contributed by atoms with Gasteiger partial charge in [-0.2, -0.15) is 0 Å². The van der Waals surface area contributed by atoms with Crippen molar-refractivity contribution in [3.05, 3.63) is 10.1 Å². The van der Waals surface area contributed by atoms with E-state index in [0.29, 0.717) is 0 Å². The predicted octanol–water partition coefficient (Wildman–Crippen LogP) is 3.05. The van der Waals surface area contributed by atoms with Crippen molar-refractivity contribution in [1.29, 1.82) is 0 Å². The van der Waals surface area contributed by atoms with Crippen molar-refractivity contribution in [2.24, 2.45) is 11.8 Å². The van der Waals surface area contributed by atoms with Crippen molar-refractivity contribution < 1.29 is 10.2 Å². The highest BCUT2D eigenvalue weighted by Crippen LogP contribution is 2.75. The molecule has 2 bridgehead atoms. The van der Waals surface area contributed by atoms with E-state index in [2.05, 4.69) is 0 Å². The fourth-order valence-electron chi connectivity index (χ4n) is 2.71. The van der Waals surface area contributed by atoms with Gasteiger partial charge in [0.15, 0.2) is 4.33 Å². The van der Waals surface area contributed by atoms with Gasteiger partial charge in [0.25, 0.3) is 0 Å². The average Bonchev–Trinajstić information content (AvgIpc) is 2.48. The Morgan fingerprint density at radius 2 is 1.12 bits per heavy atom. The highest BCUT2D eigenvalue weighted by Gasteiger charge is 2.81. The van der Waals surface area contributed by atoms with E-state index >= 15 is 0 Å². The van der Waals surface area contributed by atoms with Gasteiger partial charge in [0.1, 0.15) is 9.75 Å². The van der Waals surface area contributed by atoms with Crippen molar-refractivity contribution in [2.45, 2.75) is 14.1 Å². The predicted molar refractivity (Wildman–Crippen MR) is 71.5 cm³/mol. The van der Waals surface area contributed by atoms with Crippen LogP contribution in [0.4, 0.5) is 0 Å². The van der Waals surface area contributed by atoms with Gasteiger partial charge in [0.05, 0.1) is 10.1 Å². The largest absolute Gasteiger partial charge is 0.396 e. The molecule has 0 aromatic carbocycles. The first-order chi connectivity index (χ1) is 7.71. The summed E-state index contributed by atoms with van der Waals surface area (Å²) in [6.07, 6.45) is 0. The molecular weight excluding hydrogens is 353 g/mol. The normalized spacial score (nSPS) is 48.0. The topological polar surface area (TPSA) is 40.5 Å². The molecule has 0 aromatic rings. The first-order valence-electron chi connectivity index (χ1n) is 4.74. The number of fused-ring (bicyclic) bond motifs is 2. The molecule has 0 amide bonds. The lowest BCUT2D eigenvalue weighted by atomic mass is 9.83. The van der Waals surface area contributed by atoms with Crippen molar-refractivity contribution in [1.82, 2.24) is 0 Å². The van der Waals surface area contributed by atoms with Crippen LogP contribution in [0.2, 0.25) is 0 Å². The molecule has 2 N–H and O–H groups in total. The Kier molecular flexibility index (Phi) is 3.65. The Morgan fingerprint density at radius 1 is 0.824 bits per heavy atom. The Bertz CT molecular complexity index is 363. The molecule has 2 rings (SSSR count). The summed E-state index contributed by atoms with van der Waals surface area (Å²) in [5.41, 5.74) is 0. The van der Waals surface area contributed by atoms with Crippen LogP contribution in [0.3, 0.4) is 0 Å². The van der Waals surface area contributed by atoms with Gasteiger partial charge in [-0.3, -0.25) is 0 Å². The van der Waals surface area contributed by atoms with Gasteiger partial charge in [-0.1, -0.05) is 46.4 Å². The quantitative estimate of drug-likeness (QED) is 0.743. The Morgan fingerprint density at radius 3 is 1.35 bits per heavy atom. The highest BCUT2D eigenvalue weighted by atomic mass is 35.5. The van der Waals surface area contributed by atoms with E-state index in [-0.39, 0.29) is 23.3 Å². The lowest BCUT2D eigenvalue weighted by molar-refractivity contribution is 0.120. The first-order valence-corrected chi connectivity index (χ1v) is 7.01. The van der Waals surface area contributed by atoms with Crippen LogP contribution < -0.4 is 0 Å². The fourth-order valence-corrected chi connectivity index (χ4v) is 5.78. The standard InChI is InChI=1S/C9H8Cl6O2/c10-5-6(11)8(13)4(2-17)3(1-16)7(5,12)9(8,14)15/h3-4,16-17H,1-2H2/t3?,4?,7-,8+. The number of aliphatic hydroxyl groups is 2. The summed E-state index contributed by atoms with van der Waals surface area (Å²) in [6, 6.07) is 0. The Balaban J connectivity index is 2.72. The number of hydrogen-bond acceptors (Lipinski definition) is 2. The minimum atomic E-state index is -1.70. The second-order valence-electron chi connectivity index (χ2n) is 4.20. The highest BCUT2D eigenvalue weighted by molar-refractivity contribution is 6.65. The molecule has 0 spiro atoms. The van der Waals surface area contributed by atoms with Gasteiger partial charge >= 0.3 is 0 Å². The maximum absolute atomic E-state index is 9.41. The zero-order chi connectivity index (χ0) is 13.2. The summed E-state index contributed by atoms with van der Waals surface area (Å²) in [7, 11) is 0. The van der Waals surface area contributed by atoms with Gasteiger partial charge in [0, 0.05) is 25.0 Å². The van der Waals surface area contributed by atoms with Crippen LogP contribution in [0.1, 0.15) is 0 Å². The summed E-state index contributed by atoms with van der Waals surface area (Å²) in [6.45, 7) is -0.713. The van der Waals surface area contributed by atoms with Crippen molar-refractivity contribution in [3.63, 3.8) is 0 Å². The van der Waals surface area contributed by atoms with E-state index in [1.54, 1.807) is 0 Å². The molecule has 2 aliphatic carbocycles. The van der Waals surface area contributed by atoms with Gasteiger partial charge in [-0.25, -0.2) is 0 Å². The molecule has 8 heteroatoms. The van der Waals surface area contributed by atoms with Crippen molar-refractivity contribution in [3.8, 4) is 0 Å². The molecule has 1 fully saturated rings. The van der Waals surface area contributed by atoms with Crippen LogP contribution in [0.25, 0.3) is 0 Å². The average molecular weight is 361 g/mol. The fraction of sp³-hybridized carbons (Fsp3) is 0.778. The van der Waals surface area contributed by atoms with Gasteiger partial charge in [-0.15, -0.1) is 23.2 Å². The van der Waals surface area contributed by atoms with Crippen LogP contribution in [-0.4, -0.2) is 37.5 Å². The van der Waals surface area contributed by atoms with Gasteiger partial charge in [0.2, 0.25) is 0 Å². The molecule has 0 saturated heterocycles. The molecule has 4 atom stereocenters. The number of allylic oxidation sites excluding steroid dienone is 2. The summed E-state index contributed by atoms with van der Waals surface area (Å²) in [4.78, 5) is -2.97. The molecule has 1 saturated carbocycles. The van der Waals surface area contributed by atoms with Crippen LogP contribution in [0.5, 0.6) is 0 Å². The summed E-state index contributed by atoms with van der Waals surface area (Å²) in [5.74, 6) is -1.34. The van der Waals surface area contributed by atoms with Crippen LogP contribution >= 0.6 is 69.6 Å². The third-order valence-corrected chi connectivity index (χ3v) is 8.00. The van der Waals surface area contributed by atoms with E-state index in [1.807, 2.05) is 0 Å². The smallest absolute Gasteiger partial charge is 0.167 e. The molecule has 98 valence electrons. The molecule has 0 aromatic heterocycles. The second kappa shape index (κ2) is 4.20. The van der Waals surface area contributed by atoms with E-state index < -0.39 is 25.9 Å². The van der Waals surface area contributed by atoms with Crippen LogP contribution in [0.15, 0.2) is 10.1 Å². The number of aliphatic hydroxyl groups excluding tert-OH is 2. The van der Waals surface area contributed by atoms with Gasteiger partial charge in [-0.05, 0) is 0 Å². The summed E-state index contributed by atoms with van der Waals surface area (Å²) >= 11 is 37.3. The Labute approximate surface area is 128 Å². The molecule has 0 aliphatic heterocycles. The zero-order valence-electron chi connectivity index (χ0n) is 8.23. The molecule has 0 heterocycles. The van der Waals surface area contributed by atoms with E-state index in [9.17, 15) is 10.2 Å². The zero-order valence-corrected chi connectivity index (χ0v) is 12.8. The van der Waals surface area contributed by atoms with Gasteiger partial charge < -0.3 is 10.2 Å². The number of halogens is 6. The second-order valence-corrected chi connectivity index (χ2v) is 7.48. The molecule has 2 unspecified atom stereocenters. The molecule has 2 nitrogen and oxygen atoms in total. The molecule has 0 radical (unpaired) electrons. The van der Waals surface area contributed by atoms with E-state index in [1.165, 1.54) is 0 Å². The SMILES string of the molecule is OCC1C(CO)[C@@]2(Cl)C(Cl)=C(Cl)[C@]1(Cl)C2(Cl)Cl. The third kappa shape index (κ3) is 1.34. The minimum absolute atomic E-state index is 0.0320. The first kappa shape index (κ1) is 14.8. The molecule has 17 heavy (non-hydrogen) atoms. The van der Waals surface area contributed by atoms with Crippen molar-refractivity contribution in [2.75, 3.05) is 13.2 Å². The van der Waals surface area contributed by atoms with E-state index in [4.69, 9.17) is 69.6 Å². The maximum atomic E-state index is 9.41.